The molecule has 1 saturated heterocycles. The van der Waals surface area contributed by atoms with Crippen LogP contribution in [-0.2, 0) is 9.59 Å². The lowest BCUT2D eigenvalue weighted by Crippen LogP contribution is -2.48. The van der Waals surface area contributed by atoms with Crippen LogP contribution in [0.1, 0.15) is 51.5 Å². The smallest absolute Gasteiger partial charge is 0.252 e. The molecule has 2 aliphatic rings. The molecule has 1 fully saturated rings. The fraction of sp³-hybridized carbons (Fsp3) is 0.667. The van der Waals surface area contributed by atoms with Gasteiger partial charge in [0.15, 0.2) is 0 Å². The average Bonchev–Trinajstić information content (AvgIpc) is 3.18. The Morgan fingerprint density at radius 3 is 2.65 bits per heavy atom. The van der Waals surface area contributed by atoms with Crippen LogP contribution in [0, 0.1) is 12.8 Å². The van der Waals surface area contributed by atoms with E-state index in [1.807, 2.05) is 20.8 Å². The third-order valence-corrected chi connectivity index (χ3v) is 4.96. The van der Waals surface area contributed by atoms with Gasteiger partial charge in [-0.1, -0.05) is 19.0 Å². The van der Waals surface area contributed by atoms with Gasteiger partial charge in [-0.25, -0.2) is 0 Å². The van der Waals surface area contributed by atoms with Gasteiger partial charge < -0.3 is 19.8 Å². The van der Waals surface area contributed by atoms with Crippen molar-refractivity contribution < 1.29 is 19.2 Å². The number of aliphatic imine (C=N–C) groups is 1. The van der Waals surface area contributed by atoms with E-state index < -0.39 is 23.6 Å². The maximum Gasteiger partial charge on any atom is 0.252 e. The number of β-amino-alcohol motifs (C(OH)–C–C–N with tert-alkyl or cyclic N) is 1. The number of hydrogen-bond donors (Lipinski definition) is 2. The molecule has 1 aromatic rings. The molecule has 2 N–H and O–H groups in total. The van der Waals surface area contributed by atoms with Crippen LogP contribution in [0.2, 0.25) is 0 Å². The summed E-state index contributed by atoms with van der Waals surface area (Å²) in [4.78, 5) is 31.4. The largest absolute Gasteiger partial charge is 0.391 e. The van der Waals surface area contributed by atoms with Crippen molar-refractivity contribution in [1.82, 2.24) is 15.4 Å². The van der Waals surface area contributed by atoms with Crippen molar-refractivity contribution in [3.8, 4) is 0 Å². The molecule has 3 atom stereocenters. The summed E-state index contributed by atoms with van der Waals surface area (Å²) in [7, 11) is 0. The SMILES string of the molecule is Cc1cc([C@@H](C(=O)N2C[C@H](O)C[C@@H]2C2=NC(C)(C)C(=O)N2)C(C)C)on1. The molecular weight excluding hydrogens is 336 g/mol. The zero-order chi connectivity index (χ0) is 19.2. The molecule has 2 amide bonds. The van der Waals surface area contributed by atoms with E-state index in [1.54, 1.807) is 24.8 Å². The van der Waals surface area contributed by atoms with Gasteiger partial charge in [0.05, 0.1) is 17.8 Å². The quantitative estimate of drug-likeness (QED) is 0.830. The number of carbonyl (C=O) groups excluding carboxylic acids is 2. The van der Waals surface area contributed by atoms with Crippen molar-refractivity contribution in [3.63, 3.8) is 0 Å². The van der Waals surface area contributed by atoms with Crippen LogP contribution in [0.15, 0.2) is 15.6 Å². The van der Waals surface area contributed by atoms with Gasteiger partial charge in [0, 0.05) is 19.0 Å². The van der Waals surface area contributed by atoms with Crippen molar-refractivity contribution in [2.75, 3.05) is 6.54 Å². The van der Waals surface area contributed by atoms with Gasteiger partial charge in [-0.15, -0.1) is 0 Å². The number of amidine groups is 1. The number of carbonyl (C=O) groups is 2. The summed E-state index contributed by atoms with van der Waals surface area (Å²) in [6.07, 6.45) is -0.308. The van der Waals surface area contributed by atoms with Crippen molar-refractivity contribution in [2.24, 2.45) is 10.9 Å². The Morgan fingerprint density at radius 2 is 2.15 bits per heavy atom. The molecule has 0 radical (unpaired) electrons. The predicted octanol–water partition coefficient (Wildman–Crippen LogP) is 0.991. The first-order valence-corrected chi connectivity index (χ1v) is 8.93. The van der Waals surface area contributed by atoms with Crippen LogP contribution in [0.25, 0.3) is 0 Å². The maximum atomic E-state index is 13.3. The van der Waals surface area contributed by atoms with E-state index in [4.69, 9.17) is 4.52 Å². The Labute approximate surface area is 152 Å². The Morgan fingerprint density at radius 1 is 1.46 bits per heavy atom. The monoisotopic (exact) mass is 362 g/mol. The highest BCUT2D eigenvalue weighted by atomic mass is 16.5. The molecule has 3 heterocycles. The summed E-state index contributed by atoms with van der Waals surface area (Å²) in [5.74, 6) is 0.0907. The average molecular weight is 362 g/mol. The summed E-state index contributed by atoms with van der Waals surface area (Å²) in [5, 5.41) is 16.8. The van der Waals surface area contributed by atoms with Crippen LogP contribution in [0.4, 0.5) is 0 Å². The van der Waals surface area contributed by atoms with Crippen LogP contribution in [0.5, 0.6) is 0 Å². The van der Waals surface area contributed by atoms with E-state index in [0.717, 1.165) is 0 Å². The van der Waals surface area contributed by atoms with E-state index in [9.17, 15) is 14.7 Å². The number of aromatic nitrogens is 1. The molecule has 3 rings (SSSR count). The Hall–Kier alpha value is -2.22. The third-order valence-electron chi connectivity index (χ3n) is 4.96. The lowest BCUT2D eigenvalue weighted by molar-refractivity contribution is -0.134. The van der Waals surface area contributed by atoms with Gasteiger partial charge in [-0.3, -0.25) is 14.6 Å². The second-order valence-electron chi connectivity index (χ2n) is 8.00. The molecule has 142 valence electrons. The minimum atomic E-state index is -0.864. The Kier molecular flexibility index (Phi) is 4.64. The van der Waals surface area contributed by atoms with Gasteiger partial charge in [-0.2, -0.15) is 0 Å². The molecule has 0 spiro atoms. The van der Waals surface area contributed by atoms with Gasteiger partial charge in [-0.05, 0) is 26.7 Å². The fourth-order valence-corrected chi connectivity index (χ4v) is 3.57. The van der Waals surface area contributed by atoms with Crippen LogP contribution < -0.4 is 5.32 Å². The normalized spacial score (nSPS) is 26.2. The highest BCUT2D eigenvalue weighted by Gasteiger charge is 2.46. The fourth-order valence-electron chi connectivity index (χ4n) is 3.57. The molecule has 0 aromatic carbocycles. The van der Waals surface area contributed by atoms with Crippen molar-refractivity contribution in [2.45, 2.75) is 64.6 Å². The van der Waals surface area contributed by atoms with E-state index >= 15 is 0 Å². The number of rotatable bonds is 4. The standard InChI is InChI=1S/C18H26N4O4/c1-9(2)14(13-6-10(3)21-26-13)16(24)22-8-11(23)7-12(22)15-19-17(25)18(4,5)20-15/h6,9,11-12,14,23H,7-8H2,1-5H3,(H,19,20,25)/t11-,12-,14+/m1/s1. The predicted molar refractivity (Wildman–Crippen MR) is 94.6 cm³/mol. The lowest BCUT2D eigenvalue weighted by Gasteiger charge is -2.29. The third kappa shape index (κ3) is 3.25. The highest BCUT2D eigenvalue weighted by Crippen LogP contribution is 2.32. The van der Waals surface area contributed by atoms with Crippen LogP contribution >= 0.6 is 0 Å². The molecular formula is C18H26N4O4. The summed E-state index contributed by atoms with van der Waals surface area (Å²) in [5.41, 5.74) is -0.150. The van der Waals surface area contributed by atoms with E-state index in [2.05, 4.69) is 15.5 Å². The minimum absolute atomic E-state index is 0.00945. The molecule has 0 bridgehead atoms. The molecule has 8 heteroatoms. The molecule has 26 heavy (non-hydrogen) atoms. The molecule has 2 aliphatic heterocycles. The van der Waals surface area contributed by atoms with E-state index in [-0.39, 0.29) is 24.3 Å². The van der Waals surface area contributed by atoms with Crippen molar-refractivity contribution in [3.05, 3.63) is 17.5 Å². The van der Waals surface area contributed by atoms with E-state index in [0.29, 0.717) is 23.7 Å². The number of amides is 2. The molecule has 0 saturated carbocycles. The Bertz CT molecular complexity index is 752. The van der Waals surface area contributed by atoms with Crippen molar-refractivity contribution in [1.29, 1.82) is 0 Å². The molecule has 8 nitrogen and oxygen atoms in total. The number of nitrogens with zero attached hydrogens (tertiary/aromatic N) is 3. The number of aliphatic hydroxyl groups is 1. The number of nitrogens with one attached hydrogen (secondary N) is 1. The summed E-state index contributed by atoms with van der Waals surface area (Å²) in [6.45, 7) is 9.35. The zero-order valence-electron chi connectivity index (χ0n) is 15.8. The zero-order valence-corrected chi connectivity index (χ0v) is 15.8. The first kappa shape index (κ1) is 18.6. The molecule has 0 aliphatic carbocycles. The van der Waals surface area contributed by atoms with Gasteiger partial charge in [0.2, 0.25) is 5.91 Å². The van der Waals surface area contributed by atoms with E-state index in [1.165, 1.54) is 0 Å². The van der Waals surface area contributed by atoms with Crippen LogP contribution in [0.3, 0.4) is 0 Å². The van der Waals surface area contributed by atoms with Crippen molar-refractivity contribution >= 4 is 17.6 Å². The second kappa shape index (κ2) is 6.50. The number of hydrogen-bond acceptors (Lipinski definition) is 6. The molecule has 0 unspecified atom stereocenters. The van der Waals surface area contributed by atoms with Gasteiger partial charge in [0.1, 0.15) is 23.1 Å². The number of likely N-dealkylation sites (tertiary alicyclic amines) is 1. The number of aliphatic hydroxyl groups excluding tert-OH is 1. The maximum absolute atomic E-state index is 13.3. The highest BCUT2D eigenvalue weighted by molar-refractivity contribution is 6.10. The summed E-state index contributed by atoms with van der Waals surface area (Å²) >= 11 is 0. The van der Waals surface area contributed by atoms with Gasteiger partial charge in [0.25, 0.3) is 5.91 Å². The minimum Gasteiger partial charge on any atom is -0.391 e. The Balaban J connectivity index is 1.90. The lowest BCUT2D eigenvalue weighted by atomic mass is 9.91. The molecule has 1 aromatic heterocycles. The second-order valence-corrected chi connectivity index (χ2v) is 8.00. The number of aryl methyl sites for hydroxylation is 1. The van der Waals surface area contributed by atoms with Gasteiger partial charge >= 0.3 is 0 Å². The first-order chi connectivity index (χ1) is 12.1. The first-order valence-electron chi connectivity index (χ1n) is 8.93. The topological polar surface area (TPSA) is 108 Å². The summed E-state index contributed by atoms with van der Waals surface area (Å²) in [6, 6.07) is 1.32. The van der Waals surface area contributed by atoms with Crippen LogP contribution in [-0.4, -0.2) is 57.0 Å². The summed E-state index contributed by atoms with van der Waals surface area (Å²) < 4.78 is 5.35.